The van der Waals surface area contributed by atoms with E-state index in [0.717, 1.165) is 36.8 Å². The van der Waals surface area contributed by atoms with Crippen molar-refractivity contribution in [2.75, 3.05) is 0 Å². The van der Waals surface area contributed by atoms with Crippen LogP contribution in [0.15, 0.2) is 48.0 Å². The molecule has 1 fully saturated rings. The molecule has 2 atom stereocenters. The third kappa shape index (κ3) is 7.75. The molecule has 0 spiro atoms. The minimum absolute atomic E-state index is 0.0669. The standard InChI is InChI=1S/C30H48O4/c1-28(2,3)24-18-16-22-31-26(24)33-30(20-14-12-10-8-7-9-11-13-15-21-30)34-27-25(29(4,5)6)19-17-23-32-27/h16-19,22-23,26-27H,7-15,20-21H2,1-6H3. The van der Waals surface area contributed by atoms with Crippen molar-refractivity contribution in [2.45, 2.75) is 131 Å². The number of hydrogen-bond donors (Lipinski definition) is 0. The van der Waals surface area contributed by atoms with Crippen molar-refractivity contribution in [3.63, 3.8) is 0 Å². The van der Waals surface area contributed by atoms with E-state index in [1.54, 1.807) is 12.5 Å². The topological polar surface area (TPSA) is 36.9 Å². The maximum atomic E-state index is 6.93. The van der Waals surface area contributed by atoms with Crippen molar-refractivity contribution in [2.24, 2.45) is 10.8 Å². The molecule has 2 unspecified atom stereocenters. The number of allylic oxidation sites excluding steroid dienone is 4. The summed E-state index contributed by atoms with van der Waals surface area (Å²) in [6.45, 7) is 13.3. The monoisotopic (exact) mass is 472 g/mol. The SMILES string of the molecule is CC(C)(C)C1=CC=COC1OC1(OC2OC=CC=C2C(C)(C)C)CCCCCCCCCCC1. The van der Waals surface area contributed by atoms with E-state index < -0.39 is 18.4 Å². The van der Waals surface area contributed by atoms with Gasteiger partial charge in [-0.25, -0.2) is 0 Å². The molecule has 4 heteroatoms. The first-order valence-electron chi connectivity index (χ1n) is 13.5. The predicted molar refractivity (Wildman–Crippen MR) is 139 cm³/mol. The Morgan fingerprint density at radius 3 is 1.32 bits per heavy atom. The van der Waals surface area contributed by atoms with Gasteiger partial charge in [0.05, 0.1) is 12.5 Å². The lowest BCUT2D eigenvalue weighted by Crippen LogP contribution is -2.46. The van der Waals surface area contributed by atoms with Gasteiger partial charge in [-0.2, -0.15) is 0 Å². The Morgan fingerprint density at radius 1 is 0.618 bits per heavy atom. The molecule has 0 aromatic carbocycles. The fourth-order valence-corrected chi connectivity index (χ4v) is 5.02. The smallest absolute Gasteiger partial charge is 0.225 e. The van der Waals surface area contributed by atoms with Gasteiger partial charge < -0.3 is 18.9 Å². The molecular formula is C30H48O4. The van der Waals surface area contributed by atoms with E-state index in [4.69, 9.17) is 18.9 Å². The zero-order valence-electron chi connectivity index (χ0n) is 22.5. The van der Waals surface area contributed by atoms with Crippen molar-refractivity contribution < 1.29 is 18.9 Å². The zero-order chi connectivity index (χ0) is 24.7. The molecule has 0 saturated heterocycles. The van der Waals surface area contributed by atoms with Gasteiger partial charge in [0.2, 0.25) is 12.6 Å². The molecule has 0 aromatic rings. The van der Waals surface area contributed by atoms with E-state index in [2.05, 4.69) is 53.7 Å². The summed E-state index contributed by atoms with van der Waals surface area (Å²) in [5.41, 5.74) is 2.14. The molecule has 34 heavy (non-hydrogen) atoms. The summed E-state index contributed by atoms with van der Waals surface area (Å²) in [5.74, 6) is -0.764. The normalized spacial score (nSPS) is 26.9. The first-order chi connectivity index (χ1) is 16.1. The number of hydrogen-bond acceptors (Lipinski definition) is 4. The van der Waals surface area contributed by atoms with Crippen LogP contribution >= 0.6 is 0 Å². The second-order valence-electron chi connectivity index (χ2n) is 12.2. The van der Waals surface area contributed by atoms with E-state index in [1.165, 1.54) is 44.9 Å². The molecule has 192 valence electrons. The van der Waals surface area contributed by atoms with Gasteiger partial charge in [-0.05, 0) is 35.8 Å². The molecule has 2 heterocycles. The molecule has 4 nitrogen and oxygen atoms in total. The van der Waals surface area contributed by atoms with Crippen LogP contribution in [0.1, 0.15) is 112 Å². The number of rotatable bonds is 4. The third-order valence-electron chi connectivity index (χ3n) is 7.11. The molecule has 3 aliphatic rings. The van der Waals surface area contributed by atoms with Gasteiger partial charge in [-0.15, -0.1) is 0 Å². The second kappa shape index (κ2) is 11.9. The van der Waals surface area contributed by atoms with Crippen LogP contribution in [0.3, 0.4) is 0 Å². The Morgan fingerprint density at radius 2 is 0.971 bits per heavy atom. The van der Waals surface area contributed by atoms with Gasteiger partial charge in [-0.1, -0.05) is 98.6 Å². The lowest BCUT2D eigenvalue weighted by Gasteiger charge is -2.43. The molecule has 0 radical (unpaired) electrons. The quantitative estimate of drug-likeness (QED) is 0.383. The first kappa shape index (κ1) is 27.1. The summed E-state index contributed by atoms with van der Waals surface area (Å²) in [6.07, 6.45) is 23.6. The average molecular weight is 473 g/mol. The molecule has 3 rings (SSSR count). The third-order valence-corrected chi connectivity index (χ3v) is 7.11. The van der Waals surface area contributed by atoms with Crippen molar-refractivity contribution in [3.8, 4) is 0 Å². The van der Waals surface area contributed by atoms with E-state index in [1.807, 2.05) is 12.2 Å². The van der Waals surface area contributed by atoms with Crippen LogP contribution in [0.4, 0.5) is 0 Å². The molecule has 0 amide bonds. The summed E-state index contributed by atoms with van der Waals surface area (Å²) < 4.78 is 26.0. The maximum absolute atomic E-state index is 6.93. The highest BCUT2D eigenvalue weighted by molar-refractivity contribution is 5.24. The highest BCUT2D eigenvalue weighted by atomic mass is 16.8. The van der Waals surface area contributed by atoms with Gasteiger partial charge in [0, 0.05) is 24.0 Å². The maximum Gasteiger partial charge on any atom is 0.225 e. The Bertz CT molecular complexity index is 696. The van der Waals surface area contributed by atoms with Crippen LogP contribution in [-0.4, -0.2) is 18.4 Å². The molecule has 1 aliphatic carbocycles. The lowest BCUT2D eigenvalue weighted by atomic mass is 9.84. The predicted octanol–water partition coefficient (Wildman–Crippen LogP) is 8.71. The van der Waals surface area contributed by atoms with Crippen LogP contribution in [0.25, 0.3) is 0 Å². The van der Waals surface area contributed by atoms with Gasteiger partial charge in [0.25, 0.3) is 0 Å². The van der Waals surface area contributed by atoms with Gasteiger partial charge in [-0.3, -0.25) is 0 Å². The molecule has 1 saturated carbocycles. The zero-order valence-corrected chi connectivity index (χ0v) is 22.5. The summed E-state index contributed by atoms with van der Waals surface area (Å²) >= 11 is 0. The minimum atomic E-state index is -0.764. The Balaban J connectivity index is 1.90. The van der Waals surface area contributed by atoms with Crippen molar-refractivity contribution >= 4 is 0 Å². The van der Waals surface area contributed by atoms with Crippen LogP contribution in [-0.2, 0) is 18.9 Å². The van der Waals surface area contributed by atoms with Gasteiger partial charge in [0.15, 0.2) is 5.79 Å². The average Bonchev–Trinajstić information content (AvgIpc) is 2.75. The fourth-order valence-electron chi connectivity index (χ4n) is 5.02. The van der Waals surface area contributed by atoms with E-state index >= 15 is 0 Å². The summed E-state index contributed by atoms with van der Waals surface area (Å²) in [6, 6.07) is 0. The van der Waals surface area contributed by atoms with Gasteiger partial charge >= 0.3 is 0 Å². The van der Waals surface area contributed by atoms with Crippen LogP contribution in [0, 0.1) is 10.8 Å². The van der Waals surface area contributed by atoms with E-state index in [0.29, 0.717) is 0 Å². The van der Waals surface area contributed by atoms with Crippen LogP contribution in [0.5, 0.6) is 0 Å². The fraction of sp³-hybridized carbons (Fsp3) is 0.733. The van der Waals surface area contributed by atoms with E-state index in [-0.39, 0.29) is 10.8 Å². The van der Waals surface area contributed by atoms with Crippen molar-refractivity contribution in [3.05, 3.63) is 48.0 Å². The lowest BCUT2D eigenvalue weighted by molar-refractivity contribution is -0.336. The second-order valence-corrected chi connectivity index (χ2v) is 12.2. The van der Waals surface area contributed by atoms with Crippen LogP contribution < -0.4 is 0 Å². The molecule has 0 N–H and O–H groups in total. The molecule has 0 aromatic heterocycles. The highest BCUT2D eigenvalue weighted by Gasteiger charge is 2.43. The number of ether oxygens (including phenoxy) is 4. The molecule has 2 aliphatic heterocycles. The Labute approximate surface area is 208 Å². The molecule has 0 bridgehead atoms. The first-order valence-corrected chi connectivity index (χ1v) is 13.5. The summed E-state index contributed by atoms with van der Waals surface area (Å²) in [7, 11) is 0. The molecular weight excluding hydrogens is 424 g/mol. The minimum Gasteiger partial charge on any atom is -0.468 e. The van der Waals surface area contributed by atoms with Crippen molar-refractivity contribution in [1.82, 2.24) is 0 Å². The van der Waals surface area contributed by atoms with E-state index in [9.17, 15) is 0 Å². The van der Waals surface area contributed by atoms with Crippen molar-refractivity contribution in [1.29, 1.82) is 0 Å². The summed E-state index contributed by atoms with van der Waals surface area (Å²) in [5, 5.41) is 0. The summed E-state index contributed by atoms with van der Waals surface area (Å²) in [4.78, 5) is 0. The largest absolute Gasteiger partial charge is 0.468 e. The van der Waals surface area contributed by atoms with Gasteiger partial charge in [0.1, 0.15) is 0 Å². The highest BCUT2D eigenvalue weighted by Crippen LogP contribution is 2.41. The Kier molecular flexibility index (Phi) is 9.51. The Hall–Kier alpha value is -1.52. The van der Waals surface area contributed by atoms with Crippen LogP contribution in [0.2, 0.25) is 0 Å².